The lowest BCUT2D eigenvalue weighted by Crippen LogP contribution is -2.26. The molecule has 1 aliphatic rings. The number of sulfone groups is 1. The number of hydrogen-bond donors (Lipinski definition) is 1. The van der Waals surface area contributed by atoms with Gasteiger partial charge < -0.3 is 5.11 Å². The van der Waals surface area contributed by atoms with E-state index >= 15 is 0 Å². The van der Waals surface area contributed by atoms with Gasteiger partial charge >= 0.3 is 6.18 Å². The first kappa shape index (κ1) is 14.3. The Morgan fingerprint density at radius 2 is 1.68 bits per heavy atom. The summed E-state index contributed by atoms with van der Waals surface area (Å²) in [6, 6.07) is 5.42. The number of alkyl halides is 3. The molecule has 106 valence electrons. The molecule has 1 saturated carbocycles. The van der Waals surface area contributed by atoms with Gasteiger partial charge in [-0.15, -0.1) is 0 Å². The van der Waals surface area contributed by atoms with Crippen LogP contribution in [0.3, 0.4) is 0 Å². The average Bonchev–Trinajstić information content (AvgIpc) is 2.22. The molecule has 0 heterocycles. The molecule has 1 aliphatic carbocycles. The van der Waals surface area contributed by atoms with Crippen molar-refractivity contribution in [3.63, 3.8) is 0 Å². The molecule has 0 spiro atoms. The number of hydrogen-bond acceptors (Lipinski definition) is 3. The molecule has 1 N–H and O–H groups in total. The number of aliphatic hydroxyl groups excluding tert-OH is 1. The smallest absolute Gasteiger partial charge is 0.393 e. The monoisotopic (exact) mass is 294 g/mol. The molecule has 3 nitrogen and oxygen atoms in total. The van der Waals surface area contributed by atoms with E-state index in [4.69, 9.17) is 0 Å². The third-order valence-corrected chi connectivity index (χ3v) is 4.88. The molecule has 0 radical (unpaired) electrons. The first-order valence-corrected chi connectivity index (χ1v) is 7.40. The average molecular weight is 294 g/mol. The molecule has 0 atom stereocenters. The molecule has 0 aromatic heterocycles. The van der Waals surface area contributed by atoms with Gasteiger partial charge in [0.05, 0.1) is 11.0 Å². The Morgan fingerprint density at radius 3 is 2.11 bits per heavy atom. The second kappa shape index (κ2) is 4.79. The van der Waals surface area contributed by atoms with E-state index in [9.17, 15) is 26.7 Å². The Balaban J connectivity index is 2.14. The number of aliphatic hydroxyl groups is 1. The Morgan fingerprint density at radius 1 is 1.16 bits per heavy atom. The van der Waals surface area contributed by atoms with Gasteiger partial charge in [-0.25, -0.2) is 8.42 Å². The van der Waals surface area contributed by atoms with Crippen LogP contribution in [0.25, 0.3) is 0 Å². The Hall–Kier alpha value is -1.08. The summed E-state index contributed by atoms with van der Waals surface area (Å²) >= 11 is 0. The predicted molar refractivity (Wildman–Crippen MR) is 62.5 cm³/mol. The molecule has 1 aromatic carbocycles. The molecule has 0 saturated heterocycles. The van der Waals surface area contributed by atoms with Gasteiger partial charge in [0.25, 0.3) is 0 Å². The van der Waals surface area contributed by atoms with Gasteiger partial charge in [-0.05, 0) is 36.5 Å². The maximum Gasteiger partial charge on any atom is 0.403 e. The maximum absolute atomic E-state index is 12.1. The number of benzene rings is 1. The second-order valence-corrected chi connectivity index (χ2v) is 6.76. The molecular weight excluding hydrogens is 281 g/mol. The van der Waals surface area contributed by atoms with Gasteiger partial charge in [0.15, 0.2) is 15.6 Å². The van der Waals surface area contributed by atoms with Crippen LogP contribution >= 0.6 is 0 Å². The van der Waals surface area contributed by atoms with E-state index < -0.39 is 21.8 Å². The van der Waals surface area contributed by atoms with E-state index in [1.165, 1.54) is 24.3 Å². The molecule has 0 amide bonds. The van der Waals surface area contributed by atoms with Gasteiger partial charge in [0.1, 0.15) is 0 Å². The SMILES string of the molecule is O=S(=O)(CC(F)(F)F)c1ccc(C2CC(O)C2)cc1. The van der Waals surface area contributed by atoms with Crippen LogP contribution in [0.15, 0.2) is 29.2 Å². The summed E-state index contributed by atoms with van der Waals surface area (Å²) in [4.78, 5) is -0.326. The van der Waals surface area contributed by atoms with Crippen molar-refractivity contribution in [2.75, 3.05) is 5.75 Å². The van der Waals surface area contributed by atoms with Gasteiger partial charge in [-0.1, -0.05) is 12.1 Å². The van der Waals surface area contributed by atoms with Gasteiger partial charge in [-0.2, -0.15) is 13.2 Å². The van der Waals surface area contributed by atoms with Crippen LogP contribution in [0.1, 0.15) is 24.3 Å². The zero-order valence-electron chi connectivity index (χ0n) is 9.89. The van der Waals surface area contributed by atoms with E-state index in [0.717, 1.165) is 5.56 Å². The Labute approximate surface area is 109 Å². The van der Waals surface area contributed by atoms with E-state index in [0.29, 0.717) is 12.8 Å². The Kier molecular flexibility index (Phi) is 3.61. The lowest BCUT2D eigenvalue weighted by atomic mass is 9.78. The summed E-state index contributed by atoms with van der Waals surface area (Å²) in [7, 11) is -4.33. The summed E-state index contributed by atoms with van der Waals surface area (Å²) in [5.41, 5.74) is 0.844. The van der Waals surface area contributed by atoms with Crippen LogP contribution < -0.4 is 0 Å². The first-order valence-electron chi connectivity index (χ1n) is 5.75. The summed E-state index contributed by atoms with van der Waals surface area (Å²) in [5, 5.41) is 9.17. The number of halogens is 3. The highest BCUT2D eigenvalue weighted by atomic mass is 32.2. The van der Waals surface area contributed by atoms with Crippen LogP contribution in [0.5, 0.6) is 0 Å². The minimum atomic E-state index is -4.74. The topological polar surface area (TPSA) is 54.4 Å². The summed E-state index contributed by atoms with van der Waals surface area (Å²) in [6.07, 6.45) is -3.86. The van der Waals surface area contributed by atoms with Crippen molar-refractivity contribution in [3.05, 3.63) is 29.8 Å². The molecule has 19 heavy (non-hydrogen) atoms. The minimum Gasteiger partial charge on any atom is -0.393 e. The normalized spacial score (nSPS) is 24.0. The van der Waals surface area contributed by atoms with Crippen LogP contribution in [0.2, 0.25) is 0 Å². The zero-order valence-corrected chi connectivity index (χ0v) is 10.7. The molecule has 1 aromatic rings. The second-order valence-electron chi connectivity index (χ2n) is 4.77. The summed E-state index contributed by atoms with van der Waals surface area (Å²) in [5.74, 6) is -1.68. The third kappa shape index (κ3) is 3.48. The van der Waals surface area contributed by atoms with Crippen LogP contribution in [-0.2, 0) is 9.84 Å². The lowest BCUT2D eigenvalue weighted by Gasteiger charge is -2.31. The van der Waals surface area contributed by atoms with E-state index in [1.54, 1.807) is 0 Å². The highest BCUT2D eigenvalue weighted by molar-refractivity contribution is 7.91. The van der Waals surface area contributed by atoms with Crippen molar-refractivity contribution < 1.29 is 26.7 Å². The van der Waals surface area contributed by atoms with Crippen molar-refractivity contribution in [2.24, 2.45) is 0 Å². The quantitative estimate of drug-likeness (QED) is 0.930. The molecule has 0 aliphatic heterocycles. The summed E-state index contributed by atoms with van der Waals surface area (Å²) < 4.78 is 59.4. The van der Waals surface area contributed by atoms with E-state index in [1.807, 2.05) is 0 Å². The first-order chi connectivity index (χ1) is 8.67. The van der Waals surface area contributed by atoms with Crippen molar-refractivity contribution >= 4 is 9.84 Å². The van der Waals surface area contributed by atoms with Gasteiger partial charge in [0, 0.05) is 0 Å². The highest BCUT2D eigenvalue weighted by Gasteiger charge is 2.36. The molecule has 0 unspecified atom stereocenters. The van der Waals surface area contributed by atoms with Crippen molar-refractivity contribution in [1.82, 2.24) is 0 Å². The molecule has 1 fully saturated rings. The zero-order chi connectivity index (χ0) is 14.3. The largest absolute Gasteiger partial charge is 0.403 e. The van der Waals surface area contributed by atoms with E-state index in [2.05, 4.69) is 0 Å². The molecule has 7 heteroatoms. The third-order valence-electron chi connectivity index (χ3n) is 3.18. The fourth-order valence-electron chi connectivity index (χ4n) is 2.11. The van der Waals surface area contributed by atoms with Crippen molar-refractivity contribution in [3.8, 4) is 0 Å². The predicted octanol–water partition coefficient (Wildman–Crippen LogP) is 2.26. The van der Waals surface area contributed by atoms with Crippen LogP contribution in [0, 0.1) is 0 Å². The Bertz CT molecular complexity index is 543. The van der Waals surface area contributed by atoms with Crippen LogP contribution in [0.4, 0.5) is 13.2 Å². The van der Waals surface area contributed by atoms with Gasteiger partial charge in [-0.3, -0.25) is 0 Å². The lowest BCUT2D eigenvalue weighted by molar-refractivity contribution is -0.106. The molecule has 0 bridgehead atoms. The van der Waals surface area contributed by atoms with E-state index in [-0.39, 0.29) is 16.9 Å². The van der Waals surface area contributed by atoms with Crippen molar-refractivity contribution in [1.29, 1.82) is 0 Å². The minimum absolute atomic E-state index is 0.161. The van der Waals surface area contributed by atoms with Gasteiger partial charge in [0.2, 0.25) is 0 Å². The number of rotatable bonds is 3. The fraction of sp³-hybridized carbons (Fsp3) is 0.500. The van der Waals surface area contributed by atoms with Crippen molar-refractivity contribution in [2.45, 2.75) is 35.9 Å². The fourth-order valence-corrected chi connectivity index (χ4v) is 3.25. The molecule has 2 rings (SSSR count). The highest BCUT2D eigenvalue weighted by Crippen LogP contribution is 2.37. The van der Waals surface area contributed by atoms with Crippen LogP contribution in [-0.4, -0.2) is 31.6 Å². The molecular formula is C12H13F3O3S. The standard InChI is InChI=1S/C12H13F3O3S/c13-12(14,15)7-19(17,18)11-3-1-8(2-4-11)9-5-10(16)6-9/h1-4,9-10,16H,5-7H2. The summed E-state index contributed by atoms with van der Waals surface area (Å²) in [6.45, 7) is 0. The maximum atomic E-state index is 12.1.